The smallest absolute Gasteiger partial charge is 0.477 e. The summed E-state index contributed by atoms with van der Waals surface area (Å²) >= 11 is 2.28. The number of allylic oxidation sites excluding steroid dienone is 1. The van der Waals surface area contributed by atoms with E-state index in [1.807, 2.05) is 0 Å². The summed E-state index contributed by atoms with van der Waals surface area (Å²) in [6.45, 7) is 0.344. The van der Waals surface area contributed by atoms with Gasteiger partial charge in [0, 0.05) is 35.6 Å². The first-order valence-electron chi connectivity index (χ1n) is 12.0. The summed E-state index contributed by atoms with van der Waals surface area (Å²) in [7, 11) is 0. The molecule has 0 aromatic carbocycles. The number of amides is 3. The van der Waals surface area contributed by atoms with E-state index in [4.69, 9.17) is 15.6 Å². The maximum absolute atomic E-state index is 12.9. The lowest BCUT2D eigenvalue weighted by molar-refractivity contribution is -0.192. The number of thioether (sulfide) groups is 1. The summed E-state index contributed by atoms with van der Waals surface area (Å²) in [4.78, 5) is 74.1. The molecule has 0 aliphatic carbocycles. The number of nitrogen functional groups attached to an aromatic ring is 1. The Hall–Kier alpha value is -5.05. The molecule has 2 saturated heterocycles. The van der Waals surface area contributed by atoms with Crippen LogP contribution in [0.25, 0.3) is 0 Å². The number of aromatic nitrogens is 3. The van der Waals surface area contributed by atoms with Gasteiger partial charge in [0.1, 0.15) is 22.8 Å². The average molecular weight is 657 g/mol. The van der Waals surface area contributed by atoms with E-state index >= 15 is 0 Å². The van der Waals surface area contributed by atoms with Gasteiger partial charge in [-0.05, 0) is 24.1 Å². The number of carbonyl (C=O) groups excluding carboxylic acids is 3. The molecule has 3 amide bonds. The number of thiazole rings is 1. The Morgan fingerprint density at radius 1 is 1.18 bits per heavy atom. The number of oxime groups is 1. The molecule has 232 valence electrons. The normalized spacial score (nSPS) is 21.0. The van der Waals surface area contributed by atoms with Gasteiger partial charge >= 0.3 is 18.1 Å². The van der Waals surface area contributed by atoms with Gasteiger partial charge in [-0.1, -0.05) is 5.16 Å². The largest absolute Gasteiger partial charge is 0.490 e. The third kappa shape index (κ3) is 6.46. The zero-order valence-electron chi connectivity index (χ0n) is 21.8. The number of carboxylic acid groups (broad SMARTS) is 2. The maximum atomic E-state index is 12.9. The minimum Gasteiger partial charge on any atom is -0.477 e. The fourth-order valence-corrected chi connectivity index (χ4v) is 6.01. The molecule has 16 nitrogen and oxygen atoms in total. The van der Waals surface area contributed by atoms with Gasteiger partial charge in [-0.3, -0.25) is 24.2 Å². The average Bonchev–Trinajstić information content (AvgIpc) is 3.56. The highest BCUT2D eigenvalue weighted by Crippen LogP contribution is 2.41. The summed E-state index contributed by atoms with van der Waals surface area (Å²) in [5.74, 6) is -5.50. The topological polar surface area (TPSA) is 242 Å². The van der Waals surface area contributed by atoms with E-state index in [0.717, 1.165) is 16.2 Å². The molecule has 0 spiro atoms. The van der Waals surface area contributed by atoms with Crippen LogP contribution in [0.15, 0.2) is 51.9 Å². The van der Waals surface area contributed by atoms with E-state index in [2.05, 4.69) is 25.4 Å². The lowest BCUT2D eigenvalue weighted by Crippen LogP contribution is -2.71. The Kier molecular flexibility index (Phi) is 9.18. The van der Waals surface area contributed by atoms with E-state index in [1.54, 1.807) is 6.07 Å². The monoisotopic (exact) mass is 656 g/mol. The Bertz CT molecular complexity index is 1610. The summed E-state index contributed by atoms with van der Waals surface area (Å²) in [5.41, 5.74) is 5.61. The number of nitrogens with one attached hydrogen (secondary N) is 1. The lowest BCUT2D eigenvalue weighted by Gasteiger charge is -2.49. The van der Waals surface area contributed by atoms with Crippen LogP contribution in [0.1, 0.15) is 12.1 Å². The summed E-state index contributed by atoms with van der Waals surface area (Å²) in [6, 6.07) is 0.583. The molecule has 2 fully saturated rings. The van der Waals surface area contributed by atoms with Crippen LogP contribution in [-0.2, 0) is 24.0 Å². The van der Waals surface area contributed by atoms with E-state index in [1.165, 1.54) is 40.5 Å². The Morgan fingerprint density at radius 3 is 2.39 bits per heavy atom. The van der Waals surface area contributed by atoms with Crippen molar-refractivity contribution in [1.82, 2.24) is 25.2 Å². The van der Waals surface area contributed by atoms with Crippen LogP contribution in [0.2, 0.25) is 0 Å². The number of aliphatic carboxylic acids is 2. The van der Waals surface area contributed by atoms with Crippen molar-refractivity contribution >= 4 is 69.6 Å². The van der Waals surface area contributed by atoms with Crippen molar-refractivity contribution in [3.8, 4) is 0 Å². The minimum absolute atomic E-state index is 0.0404. The van der Waals surface area contributed by atoms with Crippen molar-refractivity contribution in [2.24, 2.45) is 5.16 Å². The van der Waals surface area contributed by atoms with Crippen molar-refractivity contribution in [3.63, 3.8) is 0 Å². The molecule has 0 unspecified atom stereocenters. The van der Waals surface area contributed by atoms with Gasteiger partial charge < -0.3 is 26.5 Å². The number of carboxylic acids is 2. The number of alkyl halides is 3. The number of halogens is 3. The van der Waals surface area contributed by atoms with Crippen LogP contribution in [0.5, 0.6) is 0 Å². The van der Waals surface area contributed by atoms with Gasteiger partial charge in [0.2, 0.25) is 5.95 Å². The van der Waals surface area contributed by atoms with Crippen molar-refractivity contribution in [3.05, 3.63) is 52.5 Å². The second-order valence-electron chi connectivity index (χ2n) is 8.79. The molecule has 2 atom stereocenters. The summed E-state index contributed by atoms with van der Waals surface area (Å²) < 4.78 is 31.7. The van der Waals surface area contributed by atoms with Crippen molar-refractivity contribution in [1.29, 1.82) is 0 Å². The van der Waals surface area contributed by atoms with Crippen LogP contribution in [0, 0.1) is 0 Å². The number of nitrogens with two attached hydrogens (primary N) is 1. The zero-order chi connectivity index (χ0) is 32.3. The highest BCUT2D eigenvalue weighted by Gasteiger charge is 2.54. The number of hydrogen-bond acceptors (Lipinski definition) is 13. The minimum atomic E-state index is -5.08. The highest BCUT2D eigenvalue weighted by atomic mass is 32.2. The second-order valence-corrected chi connectivity index (χ2v) is 10.8. The second kappa shape index (κ2) is 12.7. The Balaban J connectivity index is 0.000000566. The number of nitrogens with zero attached hydrogens (tertiary/aromatic N) is 6. The SMILES string of the molecule is Nc1nc(/C(=N/O)C(=O)N[C@@H]2C(=O)N3C(C(=O)O)=C(/C=C4\CCN(c5ncccn5)C4=O)CS[C@H]23)cs1.O=C(O)C(F)(F)F. The molecule has 44 heavy (non-hydrogen) atoms. The van der Waals surface area contributed by atoms with Gasteiger partial charge in [0.05, 0.1) is 0 Å². The molecule has 2 aromatic heterocycles. The number of carbonyl (C=O) groups is 5. The van der Waals surface area contributed by atoms with Crippen LogP contribution < -0.4 is 16.0 Å². The molecular weight excluding hydrogens is 637 g/mol. The predicted molar refractivity (Wildman–Crippen MR) is 145 cm³/mol. The fourth-order valence-electron chi connectivity index (χ4n) is 4.15. The number of hydrogen-bond donors (Lipinski definition) is 5. The van der Waals surface area contributed by atoms with Crippen LogP contribution in [0.3, 0.4) is 0 Å². The van der Waals surface area contributed by atoms with Crippen LogP contribution in [-0.4, -0.2) is 101 Å². The van der Waals surface area contributed by atoms with Crippen LogP contribution >= 0.6 is 23.1 Å². The van der Waals surface area contributed by atoms with Crippen molar-refractivity contribution in [2.45, 2.75) is 24.0 Å². The molecule has 2 aromatic rings. The number of fused-ring (bicyclic) bond motifs is 1. The molecular formula is C23H19F3N8O8S2. The van der Waals surface area contributed by atoms with Crippen LogP contribution in [0.4, 0.5) is 24.3 Å². The first-order chi connectivity index (χ1) is 20.7. The van der Waals surface area contributed by atoms with E-state index in [0.29, 0.717) is 24.1 Å². The molecule has 0 saturated carbocycles. The quantitative estimate of drug-likeness (QED) is 0.0933. The van der Waals surface area contributed by atoms with Gasteiger partial charge in [-0.2, -0.15) is 13.2 Å². The Labute approximate surface area is 251 Å². The first kappa shape index (κ1) is 31.9. The zero-order valence-corrected chi connectivity index (χ0v) is 23.4. The van der Waals surface area contributed by atoms with E-state index < -0.39 is 47.1 Å². The highest BCUT2D eigenvalue weighted by molar-refractivity contribution is 8.00. The van der Waals surface area contributed by atoms with Crippen molar-refractivity contribution in [2.75, 3.05) is 22.9 Å². The number of β-lactam (4-membered cyclic amide) rings is 1. The molecule has 5 heterocycles. The standard InChI is InChI=1S/C21H18N8O6S2.C2HF3O2/c22-20-25-11(8-37-20)12(27-35)15(30)26-13-17(32)29-14(19(33)34)10(7-36-18(13)29)6-9-2-5-28(16(9)31)21-23-3-1-4-24-21;3-2(4,5)1(6)7/h1,3-4,6,8,13,18,35H,2,5,7H2,(H2,22,25)(H,26,30)(H,33,34);(H,6,7)/b9-6+,27-12-;/t13-,18-;/m1./s1. The van der Waals surface area contributed by atoms with Gasteiger partial charge in [-0.15, -0.1) is 23.1 Å². The summed E-state index contributed by atoms with van der Waals surface area (Å²) in [5, 5.41) is 32.6. The van der Waals surface area contributed by atoms with E-state index in [-0.39, 0.29) is 34.1 Å². The Morgan fingerprint density at radius 2 is 1.84 bits per heavy atom. The lowest BCUT2D eigenvalue weighted by atomic mass is 10.0. The molecule has 5 rings (SSSR count). The number of anilines is 2. The molecule has 0 radical (unpaired) electrons. The fraction of sp³-hybridized carbons (Fsp3) is 0.261. The molecule has 0 bridgehead atoms. The predicted octanol–water partition coefficient (Wildman–Crippen LogP) is 0.429. The van der Waals surface area contributed by atoms with E-state index in [9.17, 15) is 42.7 Å². The first-order valence-corrected chi connectivity index (χ1v) is 13.9. The van der Waals surface area contributed by atoms with Gasteiger partial charge in [0.25, 0.3) is 17.7 Å². The maximum Gasteiger partial charge on any atom is 0.490 e. The van der Waals surface area contributed by atoms with Crippen molar-refractivity contribution < 1.29 is 52.6 Å². The third-order valence-electron chi connectivity index (χ3n) is 6.08. The molecule has 3 aliphatic heterocycles. The molecule has 21 heteroatoms. The third-order valence-corrected chi connectivity index (χ3v) is 8.05. The summed E-state index contributed by atoms with van der Waals surface area (Å²) in [6.07, 6.45) is -0.182. The molecule has 6 N–H and O–H groups in total. The van der Waals surface area contributed by atoms with Gasteiger partial charge in [0.15, 0.2) is 10.8 Å². The van der Waals surface area contributed by atoms with Gasteiger partial charge in [-0.25, -0.2) is 24.5 Å². The molecule has 3 aliphatic rings. The number of rotatable bonds is 6.